The maximum atomic E-state index is 13.5. The molecule has 0 unspecified atom stereocenters. The molecule has 13 heteroatoms. The molecule has 0 bridgehead atoms. The molecule has 3 heterocycles. The largest absolute Gasteiger partial charge is 0.434 e. The lowest BCUT2D eigenvalue weighted by Gasteiger charge is -2.29. The molecule has 3 aromatic heterocycles. The third kappa shape index (κ3) is 5.22. The summed E-state index contributed by atoms with van der Waals surface area (Å²) in [5, 5.41) is 20.0. The van der Waals surface area contributed by atoms with Crippen molar-refractivity contribution in [2.45, 2.75) is 44.4 Å². The second kappa shape index (κ2) is 10.5. The Morgan fingerprint density at radius 1 is 1.15 bits per heavy atom. The molecule has 1 saturated carbocycles. The standard InChI is InChI=1S/C26H21ClF3N7O2/c27-17-11-19(22(32-13-17)26(28,29)30)24(38)34-18-7-5-15(6-8-18)14-36-20-3-1-2-4-21(20)37(25(36)39)23-16(12-31)9-10-33-35-23/h1-4,9-11,13,15,18H,5-8,14H2,(H,34,38). The van der Waals surface area contributed by atoms with Gasteiger partial charge in [0.05, 0.1) is 33.4 Å². The van der Waals surface area contributed by atoms with Gasteiger partial charge in [-0.05, 0) is 55.9 Å². The highest BCUT2D eigenvalue weighted by Crippen LogP contribution is 2.32. The van der Waals surface area contributed by atoms with E-state index in [1.165, 1.54) is 16.8 Å². The SMILES string of the molecule is N#Cc1ccnnc1-n1c(=O)n(CC2CCC(NC(=O)c3cc(Cl)cnc3C(F)(F)F)CC2)c2ccccc21. The Labute approximate surface area is 224 Å². The molecule has 1 aliphatic rings. The molecule has 1 N–H and O–H groups in total. The van der Waals surface area contributed by atoms with Crippen molar-refractivity contribution in [2.24, 2.45) is 5.92 Å². The van der Waals surface area contributed by atoms with Crippen molar-refractivity contribution in [1.29, 1.82) is 5.26 Å². The first kappa shape index (κ1) is 26.4. The number of pyridine rings is 1. The number of aromatic nitrogens is 5. The predicted molar refractivity (Wildman–Crippen MR) is 135 cm³/mol. The van der Waals surface area contributed by atoms with E-state index in [4.69, 9.17) is 11.6 Å². The molecule has 1 aliphatic carbocycles. The summed E-state index contributed by atoms with van der Waals surface area (Å²) in [6, 6.07) is 11.4. The normalized spacial score (nSPS) is 17.6. The van der Waals surface area contributed by atoms with Gasteiger partial charge in [0.25, 0.3) is 5.91 Å². The van der Waals surface area contributed by atoms with E-state index in [1.807, 2.05) is 18.2 Å². The van der Waals surface area contributed by atoms with Gasteiger partial charge >= 0.3 is 11.9 Å². The van der Waals surface area contributed by atoms with E-state index in [-0.39, 0.29) is 34.1 Å². The van der Waals surface area contributed by atoms with E-state index >= 15 is 0 Å². The number of amides is 1. The van der Waals surface area contributed by atoms with Gasteiger partial charge in [-0.2, -0.15) is 23.5 Å². The molecule has 0 radical (unpaired) electrons. The molecule has 0 atom stereocenters. The van der Waals surface area contributed by atoms with E-state index in [2.05, 4.69) is 20.5 Å². The number of fused-ring (bicyclic) bond motifs is 1. The molecule has 0 spiro atoms. The molecule has 4 aromatic rings. The fourth-order valence-electron chi connectivity index (χ4n) is 5.02. The lowest BCUT2D eigenvalue weighted by molar-refractivity contribution is -0.141. The van der Waals surface area contributed by atoms with Gasteiger partial charge in [0.15, 0.2) is 11.5 Å². The van der Waals surface area contributed by atoms with Crippen molar-refractivity contribution in [1.82, 2.24) is 29.6 Å². The number of carbonyl (C=O) groups is 1. The molecule has 9 nitrogen and oxygen atoms in total. The number of nitriles is 1. The molecule has 200 valence electrons. The number of alkyl halides is 3. The summed E-state index contributed by atoms with van der Waals surface area (Å²) in [5.74, 6) is -0.636. The van der Waals surface area contributed by atoms with E-state index < -0.39 is 23.3 Å². The molecule has 5 rings (SSSR count). The summed E-state index contributed by atoms with van der Waals surface area (Å²) >= 11 is 5.80. The summed E-state index contributed by atoms with van der Waals surface area (Å²) < 4.78 is 43.0. The minimum Gasteiger partial charge on any atom is -0.349 e. The van der Waals surface area contributed by atoms with Crippen LogP contribution in [0.25, 0.3) is 16.9 Å². The van der Waals surface area contributed by atoms with Crippen LogP contribution in [0.5, 0.6) is 0 Å². The number of rotatable bonds is 5. The molecule has 1 fully saturated rings. The third-order valence-electron chi connectivity index (χ3n) is 6.86. The fraction of sp³-hybridized carbons (Fsp3) is 0.308. The Bertz CT molecular complexity index is 1650. The van der Waals surface area contributed by atoms with Gasteiger partial charge in [-0.1, -0.05) is 23.7 Å². The summed E-state index contributed by atoms with van der Waals surface area (Å²) in [4.78, 5) is 29.5. The second-order valence-electron chi connectivity index (χ2n) is 9.34. The van der Waals surface area contributed by atoms with Crippen molar-refractivity contribution in [2.75, 3.05) is 0 Å². The van der Waals surface area contributed by atoms with Crippen molar-refractivity contribution >= 4 is 28.5 Å². The summed E-state index contributed by atoms with van der Waals surface area (Å²) in [6.07, 6.45) is -0.200. The van der Waals surface area contributed by atoms with E-state index in [1.54, 1.807) is 16.7 Å². The quantitative estimate of drug-likeness (QED) is 0.387. The van der Waals surface area contributed by atoms with Gasteiger partial charge < -0.3 is 5.32 Å². The molecule has 1 amide bonds. The van der Waals surface area contributed by atoms with Gasteiger partial charge in [-0.25, -0.2) is 14.3 Å². The Morgan fingerprint density at radius 3 is 2.56 bits per heavy atom. The van der Waals surface area contributed by atoms with Crippen LogP contribution in [0.1, 0.15) is 47.3 Å². The molecule has 1 aromatic carbocycles. The summed E-state index contributed by atoms with van der Waals surface area (Å²) in [7, 11) is 0. The number of nitrogens with zero attached hydrogens (tertiary/aromatic N) is 6. The van der Waals surface area contributed by atoms with Gasteiger partial charge in [0.2, 0.25) is 0 Å². The smallest absolute Gasteiger partial charge is 0.349 e. The molecule has 39 heavy (non-hydrogen) atoms. The highest BCUT2D eigenvalue weighted by molar-refractivity contribution is 6.30. The van der Waals surface area contributed by atoms with Crippen LogP contribution >= 0.6 is 11.6 Å². The van der Waals surface area contributed by atoms with Crippen LogP contribution in [0, 0.1) is 17.2 Å². The van der Waals surface area contributed by atoms with E-state index in [0.717, 1.165) is 12.3 Å². The number of benzene rings is 1. The van der Waals surface area contributed by atoms with Crippen LogP contribution < -0.4 is 11.0 Å². The maximum Gasteiger partial charge on any atom is 0.434 e. The van der Waals surface area contributed by atoms with Gasteiger partial charge in [-0.3, -0.25) is 9.36 Å². The van der Waals surface area contributed by atoms with E-state index in [0.29, 0.717) is 43.3 Å². The zero-order chi connectivity index (χ0) is 27.7. The number of para-hydroxylation sites is 2. The summed E-state index contributed by atoms with van der Waals surface area (Å²) in [5.41, 5.74) is -0.753. The average Bonchev–Trinajstić information content (AvgIpc) is 3.19. The number of halogens is 4. The zero-order valence-corrected chi connectivity index (χ0v) is 21.1. The lowest BCUT2D eigenvalue weighted by atomic mass is 9.85. The molecular weight excluding hydrogens is 535 g/mol. The highest BCUT2D eigenvalue weighted by atomic mass is 35.5. The monoisotopic (exact) mass is 555 g/mol. The Hall–Kier alpha value is -4.24. The Morgan fingerprint density at radius 2 is 1.87 bits per heavy atom. The maximum absolute atomic E-state index is 13.5. The van der Waals surface area contributed by atoms with Gasteiger partial charge in [-0.15, -0.1) is 5.10 Å². The second-order valence-corrected chi connectivity index (χ2v) is 9.77. The topological polar surface area (TPSA) is 118 Å². The average molecular weight is 556 g/mol. The Balaban J connectivity index is 1.32. The van der Waals surface area contributed by atoms with Crippen LogP contribution in [0.15, 0.2) is 53.6 Å². The summed E-state index contributed by atoms with van der Waals surface area (Å²) in [6.45, 7) is 0.394. The van der Waals surface area contributed by atoms with Gasteiger partial charge in [0, 0.05) is 18.8 Å². The first-order chi connectivity index (χ1) is 18.7. The van der Waals surface area contributed by atoms with Crippen molar-refractivity contribution in [3.8, 4) is 11.9 Å². The molecule has 0 saturated heterocycles. The fourth-order valence-corrected chi connectivity index (χ4v) is 5.17. The predicted octanol–water partition coefficient (Wildman–Crippen LogP) is 4.51. The van der Waals surface area contributed by atoms with Crippen LogP contribution in [0.3, 0.4) is 0 Å². The lowest BCUT2D eigenvalue weighted by Crippen LogP contribution is -2.39. The minimum atomic E-state index is -4.79. The zero-order valence-electron chi connectivity index (χ0n) is 20.3. The van der Waals surface area contributed by atoms with Crippen LogP contribution in [0.4, 0.5) is 13.2 Å². The van der Waals surface area contributed by atoms with Crippen LogP contribution in [-0.2, 0) is 12.7 Å². The number of hydrogen-bond donors (Lipinski definition) is 1. The van der Waals surface area contributed by atoms with Gasteiger partial charge in [0.1, 0.15) is 6.07 Å². The first-order valence-electron chi connectivity index (χ1n) is 12.1. The van der Waals surface area contributed by atoms with Crippen LogP contribution in [-0.4, -0.2) is 36.3 Å². The Kier molecular flexibility index (Phi) is 7.10. The van der Waals surface area contributed by atoms with Crippen LogP contribution in [0.2, 0.25) is 5.02 Å². The minimum absolute atomic E-state index is 0.0650. The number of imidazole rings is 1. The van der Waals surface area contributed by atoms with Crippen molar-refractivity contribution in [3.63, 3.8) is 0 Å². The highest BCUT2D eigenvalue weighted by Gasteiger charge is 2.38. The number of carbonyl (C=O) groups excluding carboxylic acids is 1. The first-order valence-corrected chi connectivity index (χ1v) is 12.5. The number of hydrogen-bond acceptors (Lipinski definition) is 6. The van der Waals surface area contributed by atoms with E-state index in [9.17, 15) is 28.0 Å². The molecular formula is C26H21ClF3N7O2. The number of nitrogens with one attached hydrogen (secondary N) is 1. The van der Waals surface area contributed by atoms with Crippen molar-refractivity contribution < 1.29 is 18.0 Å². The molecule has 0 aliphatic heterocycles. The van der Waals surface area contributed by atoms with Crippen molar-refractivity contribution in [3.05, 3.63) is 81.1 Å². The third-order valence-corrected chi connectivity index (χ3v) is 7.07.